The predicted octanol–water partition coefficient (Wildman–Crippen LogP) is 2.94. The molecule has 0 aliphatic rings. The molecular formula is C21H20N4O3. The van der Waals surface area contributed by atoms with E-state index in [-0.39, 0.29) is 11.9 Å². The summed E-state index contributed by atoms with van der Waals surface area (Å²) in [4.78, 5) is 27.5. The molecule has 0 radical (unpaired) electrons. The molecule has 2 aromatic carbocycles. The monoisotopic (exact) mass is 376 g/mol. The van der Waals surface area contributed by atoms with Crippen molar-refractivity contribution in [1.29, 1.82) is 0 Å². The number of carbonyl (C=O) groups is 2. The lowest BCUT2D eigenvalue weighted by Gasteiger charge is -2.13. The first kappa shape index (κ1) is 19.0. The van der Waals surface area contributed by atoms with Gasteiger partial charge < -0.3 is 10.1 Å². The van der Waals surface area contributed by atoms with Crippen LogP contribution in [0.15, 0.2) is 67.3 Å². The highest BCUT2D eigenvalue weighted by molar-refractivity contribution is 5.92. The zero-order chi connectivity index (χ0) is 19.9. The van der Waals surface area contributed by atoms with Crippen molar-refractivity contribution in [1.82, 2.24) is 20.1 Å². The van der Waals surface area contributed by atoms with Crippen LogP contribution in [-0.4, -0.2) is 33.8 Å². The molecule has 1 unspecified atom stereocenters. The summed E-state index contributed by atoms with van der Waals surface area (Å²) in [5.74, 6) is -0.596. The molecule has 3 aromatic rings. The number of aromatic nitrogens is 3. The van der Waals surface area contributed by atoms with E-state index in [1.807, 2.05) is 31.2 Å². The first-order valence-corrected chi connectivity index (χ1v) is 8.69. The summed E-state index contributed by atoms with van der Waals surface area (Å²) >= 11 is 0. The second-order valence-corrected chi connectivity index (χ2v) is 6.11. The van der Waals surface area contributed by atoms with E-state index in [0.717, 1.165) is 16.8 Å². The minimum absolute atomic E-state index is 0.149. The van der Waals surface area contributed by atoms with E-state index in [2.05, 4.69) is 20.1 Å². The van der Waals surface area contributed by atoms with E-state index in [1.54, 1.807) is 41.4 Å². The number of esters is 1. The van der Waals surface area contributed by atoms with Crippen molar-refractivity contribution >= 4 is 18.0 Å². The van der Waals surface area contributed by atoms with Gasteiger partial charge in [0.2, 0.25) is 5.91 Å². The van der Waals surface area contributed by atoms with Crippen LogP contribution in [0, 0.1) is 0 Å². The molecule has 1 atom stereocenters. The zero-order valence-corrected chi connectivity index (χ0v) is 15.6. The normalized spacial score (nSPS) is 11.9. The summed E-state index contributed by atoms with van der Waals surface area (Å²) in [6, 6.07) is 14.4. The van der Waals surface area contributed by atoms with E-state index in [9.17, 15) is 9.59 Å². The van der Waals surface area contributed by atoms with Crippen LogP contribution >= 0.6 is 0 Å². The molecule has 3 rings (SSSR count). The van der Waals surface area contributed by atoms with E-state index < -0.39 is 5.97 Å². The highest BCUT2D eigenvalue weighted by Crippen LogP contribution is 2.15. The minimum atomic E-state index is -0.392. The Kier molecular flexibility index (Phi) is 5.96. The lowest BCUT2D eigenvalue weighted by atomic mass is 10.1. The van der Waals surface area contributed by atoms with Gasteiger partial charge in [-0.3, -0.25) is 4.79 Å². The number of carbonyl (C=O) groups excluding carboxylic acids is 2. The second kappa shape index (κ2) is 8.77. The maximum atomic E-state index is 12.2. The van der Waals surface area contributed by atoms with Gasteiger partial charge in [-0.25, -0.2) is 14.5 Å². The number of ether oxygens (including phenoxy) is 1. The van der Waals surface area contributed by atoms with Gasteiger partial charge in [0, 0.05) is 6.08 Å². The topological polar surface area (TPSA) is 86.1 Å². The molecule has 0 aliphatic heterocycles. The number of hydrogen-bond donors (Lipinski definition) is 1. The van der Waals surface area contributed by atoms with Crippen molar-refractivity contribution < 1.29 is 14.3 Å². The van der Waals surface area contributed by atoms with Crippen LogP contribution in [0.1, 0.15) is 34.5 Å². The molecule has 0 saturated carbocycles. The fourth-order valence-electron chi connectivity index (χ4n) is 2.62. The van der Waals surface area contributed by atoms with Crippen LogP contribution in [-0.2, 0) is 9.53 Å². The molecule has 7 nitrogen and oxygen atoms in total. The third-order valence-corrected chi connectivity index (χ3v) is 4.19. The summed E-state index contributed by atoms with van der Waals surface area (Å²) in [5, 5.41) is 7.01. The van der Waals surface area contributed by atoms with E-state index in [0.29, 0.717) is 5.56 Å². The molecule has 1 aromatic heterocycles. The molecule has 1 N–H and O–H groups in total. The lowest BCUT2D eigenvalue weighted by molar-refractivity contribution is -0.117. The lowest BCUT2D eigenvalue weighted by Crippen LogP contribution is -2.24. The second-order valence-electron chi connectivity index (χ2n) is 6.11. The zero-order valence-electron chi connectivity index (χ0n) is 15.6. The van der Waals surface area contributed by atoms with Crippen molar-refractivity contribution in [2.75, 3.05) is 7.11 Å². The number of benzene rings is 2. The average Bonchev–Trinajstić information content (AvgIpc) is 3.27. The number of nitrogens with zero attached hydrogens (tertiary/aromatic N) is 3. The summed E-state index contributed by atoms with van der Waals surface area (Å²) in [6.07, 6.45) is 6.26. The Morgan fingerprint density at radius 2 is 1.82 bits per heavy atom. The standard InChI is InChI=1S/C21H20N4O3/c1-15(17-8-10-19(11-9-17)25-14-22-13-23-25)24-20(26)12-5-16-3-6-18(7-4-16)21(27)28-2/h3-15H,1-2H3,(H,24,26). The smallest absolute Gasteiger partial charge is 0.337 e. The third-order valence-electron chi connectivity index (χ3n) is 4.19. The van der Waals surface area contributed by atoms with Gasteiger partial charge in [-0.1, -0.05) is 24.3 Å². The molecule has 0 saturated heterocycles. The van der Waals surface area contributed by atoms with E-state index >= 15 is 0 Å². The SMILES string of the molecule is COC(=O)c1ccc(C=CC(=O)NC(C)c2ccc(-n3cncn3)cc2)cc1. The molecule has 0 bridgehead atoms. The number of nitrogens with one attached hydrogen (secondary N) is 1. The highest BCUT2D eigenvalue weighted by atomic mass is 16.5. The summed E-state index contributed by atoms with van der Waals surface area (Å²) in [7, 11) is 1.34. The number of rotatable bonds is 6. The van der Waals surface area contributed by atoms with E-state index in [4.69, 9.17) is 0 Å². The molecule has 1 amide bonds. The van der Waals surface area contributed by atoms with Gasteiger partial charge in [-0.2, -0.15) is 5.10 Å². The van der Waals surface area contributed by atoms with Crippen molar-refractivity contribution in [2.24, 2.45) is 0 Å². The van der Waals surface area contributed by atoms with Gasteiger partial charge >= 0.3 is 5.97 Å². The van der Waals surface area contributed by atoms with Gasteiger partial charge in [-0.05, 0) is 48.4 Å². The van der Waals surface area contributed by atoms with Crippen LogP contribution in [0.25, 0.3) is 11.8 Å². The van der Waals surface area contributed by atoms with Crippen molar-refractivity contribution in [3.05, 3.63) is 84.0 Å². The Hall–Kier alpha value is -3.74. The number of hydrogen-bond acceptors (Lipinski definition) is 5. The predicted molar refractivity (Wildman–Crippen MR) is 105 cm³/mol. The van der Waals surface area contributed by atoms with E-state index in [1.165, 1.54) is 19.5 Å². The summed E-state index contributed by atoms with van der Waals surface area (Å²) < 4.78 is 6.33. The molecule has 28 heavy (non-hydrogen) atoms. The van der Waals surface area contributed by atoms with Crippen LogP contribution < -0.4 is 5.32 Å². The van der Waals surface area contributed by atoms with Crippen LogP contribution in [0.5, 0.6) is 0 Å². The van der Waals surface area contributed by atoms with Crippen LogP contribution in [0.3, 0.4) is 0 Å². The average molecular weight is 376 g/mol. The number of amides is 1. The fraction of sp³-hybridized carbons (Fsp3) is 0.143. The van der Waals surface area contributed by atoms with Crippen molar-refractivity contribution in [2.45, 2.75) is 13.0 Å². The van der Waals surface area contributed by atoms with Crippen LogP contribution in [0.2, 0.25) is 0 Å². The van der Waals surface area contributed by atoms with Gasteiger partial charge in [0.05, 0.1) is 24.4 Å². The fourth-order valence-corrected chi connectivity index (χ4v) is 2.62. The minimum Gasteiger partial charge on any atom is -0.465 e. The first-order valence-electron chi connectivity index (χ1n) is 8.69. The highest BCUT2D eigenvalue weighted by Gasteiger charge is 2.08. The Bertz CT molecular complexity index is 962. The van der Waals surface area contributed by atoms with Crippen molar-refractivity contribution in [3.8, 4) is 5.69 Å². The molecule has 7 heteroatoms. The van der Waals surface area contributed by atoms with Crippen LogP contribution in [0.4, 0.5) is 0 Å². The summed E-state index contributed by atoms with van der Waals surface area (Å²) in [6.45, 7) is 1.92. The molecule has 142 valence electrons. The molecule has 1 heterocycles. The Balaban J connectivity index is 1.58. The Labute approximate surface area is 162 Å². The van der Waals surface area contributed by atoms with Gasteiger partial charge in [0.1, 0.15) is 12.7 Å². The largest absolute Gasteiger partial charge is 0.465 e. The Morgan fingerprint density at radius 1 is 1.11 bits per heavy atom. The Morgan fingerprint density at radius 3 is 2.43 bits per heavy atom. The molecule has 0 spiro atoms. The third kappa shape index (κ3) is 4.70. The number of methoxy groups -OCH3 is 1. The molecule has 0 aliphatic carbocycles. The first-order chi connectivity index (χ1) is 13.6. The summed E-state index contributed by atoms with van der Waals surface area (Å²) in [5.41, 5.74) is 3.16. The molecule has 0 fully saturated rings. The quantitative estimate of drug-likeness (QED) is 0.528. The van der Waals surface area contributed by atoms with Gasteiger partial charge in [0.25, 0.3) is 0 Å². The van der Waals surface area contributed by atoms with Crippen molar-refractivity contribution in [3.63, 3.8) is 0 Å². The maximum absolute atomic E-state index is 12.2. The van der Waals surface area contributed by atoms with Gasteiger partial charge in [-0.15, -0.1) is 0 Å². The molecular weight excluding hydrogens is 356 g/mol. The van der Waals surface area contributed by atoms with Gasteiger partial charge in [0.15, 0.2) is 0 Å². The maximum Gasteiger partial charge on any atom is 0.337 e.